The van der Waals surface area contributed by atoms with E-state index in [0.717, 1.165) is 55.9 Å². The first-order valence-corrected chi connectivity index (χ1v) is 11.4. The molecule has 6 nitrogen and oxygen atoms in total. The van der Waals surface area contributed by atoms with E-state index >= 15 is 0 Å². The number of hydrogen-bond acceptors (Lipinski definition) is 7. The summed E-state index contributed by atoms with van der Waals surface area (Å²) in [6, 6.07) is 8.87. The fraction of sp³-hybridized carbons (Fsp3) is 0.450. The van der Waals surface area contributed by atoms with Crippen LogP contribution in [-0.2, 0) is 4.18 Å². The molecule has 2 aromatic rings. The van der Waals surface area contributed by atoms with Crippen molar-refractivity contribution in [2.75, 3.05) is 6.61 Å². The molecule has 0 spiro atoms. The summed E-state index contributed by atoms with van der Waals surface area (Å²) < 4.78 is 6.61. The van der Waals surface area contributed by atoms with Crippen molar-refractivity contribution in [2.45, 2.75) is 44.3 Å². The van der Waals surface area contributed by atoms with E-state index in [1.807, 2.05) is 6.21 Å². The van der Waals surface area contributed by atoms with Gasteiger partial charge in [-0.25, -0.2) is 5.01 Å². The number of hydrazone groups is 1. The normalized spacial score (nSPS) is 28.3. The van der Waals surface area contributed by atoms with Crippen molar-refractivity contribution in [3.63, 3.8) is 0 Å². The first kappa shape index (κ1) is 18.3. The summed E-state index contributed by atoms with van der Waals surface area (Å²) in [6.45, 7) is 0.712. The van der Waals surface area contributed by atoms with Gasteiger partial charge in [-0.05, 0) is 31.2 Å². The Hall–Kier alpha value is -1.74. The maximum Gasteiger partial charge on any atom is 0.148 e. The van der Waals surface area contributed by atoms with Crippen LogP contribution >= 0.6 is 23.6 Å². The van der Waals surface area contributed by atoms with E-state index in [2.05, 4.69) is 39.6 Å². The van der Waals surface area contributed by atoms with Gasteiger partial charge < -0.3 is 4.18 Å². The number of amidine groups is 1. The molecule has 3 unspecified atom stereocenters. The zero-order chi connectivity index (χ0) is 18.9. The molecule has 1 saturated carbocycles. The van der Waals surface area contributed by atoms with Crippen molar-refractivity contribution in [3.05, 3.63) is 35.2 Å². The Morgan fingerprint density at radius 2 is 2.25 bits per heavy atom. The molecule has 0 amide bonds. The largest absolute Gasteiger partial charge is 0.301 e. The molecule has 1 aliphatic carbocycles. The summed E-state index contributed by atoms with van der Waals surface area (Å²) in [7, 11) is 0. The predicted molar refractivity (Wildman–Crippen MR) is 118 cm³/mol. The molecule has 3 aliphatic rings. The van der Waals surface area contributed by atoms with E-state index in [0.29, 0.717) is 18.6 Å². The van der Waals surface area contributed by atoms with Crippen LogP contribution in [0.15, 0.2) is 44.7 Å². The highest BCUT2D eigenvalue weighted by molar-refractivity contribution is 7.92. The van der Waals surface area contributed by atoms with Crippen molar-refractivity contribution in [1.29, 1.82) is 0 Å². The smallest absolute Gasteiger partial charge is 0.148 e. The zero-order valence-electron chi connectivity index (χ0n) is 15.5. The number of thiophene rings is 1. The monoisotopic (exact) mass is 413 g/mol. The molecule has 8 heteroatoms. The summed E-state index contributed by atoms with van der Waals surface area (Å²) in [5.41, 5.74) is 2.36. The van der Waals surface area contributed by atoms with Crippen LogP contribution in [0.3, 0.4) is 0 Å². The maximum absolute atomic E-state index is 5.37. The second-order valence-electron chi connectivity index (χ2n) is 7.52. The lowest BCUT2D eigenvalue weighted by molar-refractivity contribution is 0.289. The number of aliphatic imine (C=N–C) groups is 2. The van der Waals surface area contributed by atoms with Gasteiger partial charge in [0.05, 0.1) is 30.6 Å². The molecule has 28 heavy (non-hydrogen) atoms. The van der Waals surface area contributed by atoms with E-state index in [1.54, 1.807) is 11.3 Å². The van der Waals surface area contributed by atoms with Gasteiger partial charge in [0.1, 0.15) is 12.0 Å². The molecule has 2 aliphatic heterocycles. The lowest BCUT2D eigenvalue weighted by Gasteiger charge is -2.25. The molecule has 1 aromatic heterocycles. The van der Waals surface area contributed by atoms with Gasteiger partial charge in [-0.1, -0.05) is 18.2 Å². The number of nitrogens with zero attached hydrogens (tertiary/aromatic N) is 4. The van der Waals surface area contributed by atoms with Crippen LogP contribution in [0, 0.1) is 5.92 Å². The molecular weight excluding hydrogens is 390 g/mol. The molecule has 1 fully saturated rings. The van der Waals surface area contributed by atoms with Crippen LogP contribution in [-0.4, -0.2) is 41.6 Å². The Kier molecular flexibility index (Phi) is 5.19. The Balaban J connectivity index is 1.37. The third-order valence-electron chi connectivity index (χ3n) is 5.71. The minimum Gasteiger partial charge on any atom is -0.301 e. The number of nitrogens with two attached hydrogens (primary N) is 1. The fourth-order valence-electron chi connectivity index (χ4n) is 4.33. The highest BCUT2D eigenvalue weighted by Gasteiger charge is 2.34. The molecule has 0 radical (unpaired) electrons. The van der Waals surface area contributed by atoms with E-state index in [1.165, 1.54) is 15.6 Å². The summed E-state index contributed by atoms with van der Waals surface area (Å²) in [6.07, 6.45) is 6.97. The SMILES string of the molecule is NSOCC1CCC(N=C2CC=NC3CC(c4csc5ccccc45)=NN23)C1. The quantitative estimate of drug-likeness (QED) is 0.588. The second kappa shape index (κ2) is 7.94. The number of fused-ring (bicyclic) bond motifs is 2. The molecule has 0 saturated heterocycles. The Bertz CT molecular complexity index is 953. The first-order valence-electron chi connectivity index (χ1n) is 9.72. The van der Waals surface area contributed by atoms with Crippen molar-refractivity contribution < 1.29 is 4.18 Å². The average Bonchev–Trinajstić information content (AvgIpc) is 3.44. The van der Waals surface area contributed by atoms with Crippen molar-refractivity contribution in [1.82, 2.24) is 5.01 Å². The first-order chi connectivity index (χ1) is 13.8. The fourth-order valence-corrected chi connectivity index (χ4v) is 5.57. The van der Waals surface area contributed by atoms with E-state index in [-0.39, 0.29) is 6.17 Å². The molecule has 2 N–H and O–H groups in total. The summed E-state index contributed by atoms with van der Waals surface area (Å²) in [5.74, 6) is 1.60. The Morgan fingerprint density at radius 1 is 1.32 bits per heavy atom. The minimum atomic E-state index is 0.0512. The highest BCUT2D eigenvalue weighted by Crippen LogP contribution is 2.33. The van der Waals surface area contributed by atoms with Gasteiger partial charge in [-0.15, -0.1) is 11.3 Å². The Morgan fingerprint density at radius 3 is 3.18 bits per heavy atom. The molecule has 5 rings (SSSR count). The van der Waals surface area contributed by atoms with Crippen LogP contribution < -0.4 is 5.14 Å². The van der Waals surface area contributed by atoms with Gasteiger partial charge in [0, 0.05) is 40.1 Å². The molecular formula is C20H23N5OS2. The van der Waals surface area contributed by atoms with Crippen molar-refractivity contribution in [3.8, 4) is 0 Å². The van der Waals surface area contributed by atoms with Gasteiger partial charge in [0.2, 0.25) is 0 Å². The highest BCUT2D eigenvalue weighted by atomic mass is 32.2. The molecule has 3 heterocycles. The maximum atomic E-state index is 5.37. The summed E-state index contributed by atoms with van der Waals surface area (Å²) >= 11 is 2.74. The van der Waals surface area contributed by atoms with E-state index in [4.69, 9.17) is 19.4 Å². The molecule has 3 atom stereocenters. The topological polar surface area (TPSA) is 75.6 Å². The average molecular weight is 414 g/mol. The van der Waals surface area contributed by atoms with Crippen LogP contribution in [0.25, 0.3) is 10.1 Å². The zero-order valence-corrected chi connectivity index (χ0v) is 17.2. The standard InChI is InChI=1S/C20H23N5OS2/c21-28-26-11-13-5-6-14(9-13)23-19-7-8-22-20-10-17(24-25(19)20)16-12-27-18-4-2-1-3-15(16)18/h1-4,8,12-14,20H,5-7,9-11,21H2. The summed E-state index contributed by atoms with van der Waals surface area (Å²) in [4.78, 5) is 9.75. The third-order valence-corrected chi connectivity index (χ3v) is 6.95. The lowest BCUT2D eigenvalue weighted by Crippen LogP contribution is -2.36. The predicted octanol–water partition coefficient (Wildman–Crippen LogP) is 4.22. The third kappa shape index (κ3) is 3.50. The van der Waals surface area contributed by atoms with Gasteiger partial charge in [-0.2, -0.15) is 5.10 Å². The molecule has 146 valence electrons. The van der Waals surface area contributed by atoms with Gasteiger partial charge in [-0.3, -0.25) is 15.1 Å². The summed E-state index contributed by atoms with van der Waals surface area (Å²) in [5, 5.41) is 15.9. The van der Waals surface area contributed by atoms with Crippen molar-refractivity contribution in [2.24, 2.45) is 26.1 Å². The Labute approximate surface area is 172 Å². The molecule has 0 bridgehead atoms. The number of rotatable bonds is 5. The van der Waals surface area contributed by atoms with Crippen molar-refractivity contribution >= 4 is 51.4 Å². The van der Waals surface area contributed by atoms with E-state index in [9.17, 15) is 0 Å². The number of benzene rings is 1. The van der Waals surface area contributed by atoms with Gasteiger partial charge >= 0.3 is 0 Å². The lowest BCUT2D eigenvalue weighted by atomic mass is 10.1. The second-order valence-corrected chi connectivity index (χ2v) is 8.86. The van der Waals surface area contributed by atoms with E-state index < -0.39 is 0 Å². The minimum absolute atomic E-state index is 0.0512. The van der Waals surface area contributed by atoms with Gasteiger partial charge in [0.15, 0.2) is 0 Å². The van der Waals surface area contributed by atoms with Crippen LogP contribution in [0.4, 0.5) is 0 Å². The van der Waals surface area contributed by atoms with Gasteiger partial charge in [0.25, 0.3) is 0 Å². The number of hydrogen-bond donors (Lipinski definition) is 1. The molecule has 1 aromatic carbocycles. The van der Waals surface area contributed by atoms with Crippen LogP contribution in [0.5, 0.6) is 0 Å². The van der Waals surface area contributed by atoms with Crippen LogP contribution in [0.2, 0.25) is 0 Å². The van der Waals surface area contributed by atoms with Crippen LogP contribution in [0.1, 0.15) is 37.7 Å².